The fraction of sp³-hybridized carbons (Fsp3) is 0.0278. The van der Waals surface area contributed by atoms with E-state index in [1.807, 2.05) is 48.6 Å². The molecular weight excluding hydrogens is 510 g/mol. The summed E-state index contributed by atoms with van der Waals surface area (Å²) in [7, 11) is 0. The van der Waals surface area contributed by atoms with Crippen LogP contribution >= 0.6 is 0 Å². The maximum absolute atomic E-state index is 12.3. The van der Waals surface area contributed by atoms with E-state index in [1.54, 1.807) is 6.08 Å². The maximum atomic E-state index is 12.3. The standard InChI is InChI=1S/C36H27NO4/c38-36(41-34-25-23-33(24-26-34)37(39)40)14-8-7-13-35(31-19-15-29(16-20-31)27-9-3-1-4-10-27)32-21-17-30(18-22-32)28-11-5-2-6-12-28/h1-13,15-26H,14H2/b8-7+. The highest BCUT2D eigenvalue weighted by atomic mass is 16.6. The molecule has 0 spiro atoms. The smallest absolute Gasteiger partial charge is 0.315 e. The van der Waals surface area contributed by atoms with Crippen LogP contribution in [0.1, 0.15) is 17.5 Å². The van der Waals surface area contributed by atoms with Crippen molar-refractivity contribution in [1.82, 2.24) is 0 Å². The normalized spacial score (nSPS) is 10.7. The highest BCUT2D eigenvalue weighted by Gasteiger charge is 2.09. The molecule has 5 heteroatoms. The maximum Gasteiger partial charge on any atom is 0.315 e. The second kappa shape index (κ2) is 13.0. The van der Waals surface area contributed by atoms with E-state index < -0.39 is 10.9 Å². The zero-order valence-corrected chi connectivity index (χ0v) is 22.2. The van der Waals surface area contributed by atoms with Crippen molar-refractivity contribution >= 4 is 17.2 Å². The van der Waals surface area contributed by atoms with Crippen molar-refractivity contribution in [3.05, 3.63) is 173 Å². The Morgan fingerprint density at radius 1 is 0.634 bits per heavy atom. The van der Waals surface area contributed by atoms with E-state index in [0.717, 1.165) is 39.0 Å². The first kappa shape index (κ1) is 27.0. The molecule has 0 unspecified atom stereocenters. The molecule has 41 heavy (non-hydrogen) atoms. The van der Waals surface area contributed by atoms with Gasteiger partial charge in [0.15, 0.2) is 0 Å². The van der Waals surface area contributed by atoms with Crippen molar-refractivity contribution < 1.29 is 14.5 Å². The number of carbonyl (C=O) groups excluding carboxylic acids is 1. The molecule has 0 aliphatic carbocycles. The Morgan fingerprint density at radius 3 is 1.56 bits per heavy atom. The summed E-state index contributed by atoms with van der Waals surface area (Å²) in [4.78, 5) is 22.7. The number of benzene rings is 5. The summed E-state index contributed by atoms with van der Waals surface area (Å²) in [5.41, 5.74) is 7.65. The van der Waals surface area contributed by atoms with Crippen molar-refractivity contribution in [1.29, 1.82) is 0 Å². The van der Waals surface area contributed by atoms with E-state index in [2.05, 4.69) is 72.8 Å². The predicted octanol–water partition coefficient (Wildman–Crippen LogP) is 8.91. The number of nitrogens with zero attached hydrogens (tertiary/aromatic N) is 1. The molecule has 0 radical (unpaired) electrons. The van der Waals surface area contributed by atoms with E-state index >= 15 is 0 Å². The number of esters is 1. The molecule has 0 heterocycles. The fourth-order valence-corrected chi connectivity index (χ4v) is 4.44. The molecule has 200 valence electrons. The Balaban J connectivity index is 1.36. The van der Waals surface area contributed by atoms with Crippen molar-refractivity contribution in [2.45, 2.75) is 6.42 Å². The minimum absolute atomic E-state index is 0.0562. The lowest BCUT2D eigenvalue weighted by molar-refractivity contribution is -0.384. The Labute approximate surface area is 238 Å². The molecule has 0 bridgehead atoms. The minimum atomic E-state index is -0.497. The molecule has 5 aromatic carbocycles. The lowest BCUT2D eigenvalue weighted by Gasteiger charge is -2.11. The SMILES string of the molecule is O=C(C/C=C/C=C(c1ccc(-c2ccccc2)cc1)c1ccc(-c2ccccc2)cc1)Oc1ccc([N+](=O)[O-])cc1. The molecule has 5 nitrogen and oxygen atoms in total. The lowest BCUT2D eigenvalue weighted by Crippen LogP contribution is -2.06. The number of nitro groups is 1. The average molecular weight is 538 g/mol. The van der Waals surface area contributed by atoms with Gasteiger partial charge in [-0.05, 0) is 51.1 Å². The van der Waals surface area contributed by atoms with Crippen LogP contribution in [0.15, 0.2) is 152 Å². The van der Waals surface area contributed by atoms with Crippen LogP contribution in [-0.4, -0.2) is 10.9 Å². The number of hydrogen-bond acceptors (Lipinski definition) is 4. The molecule has 5 rings (SSSR count). The molecule has 0 fully saturated rings. The third-order valence-corrected chi connectivity index (χ3v) is 6.57. The molecule has 0 amide bonds. The molecule has 0 aliphatic rings. The van der Waals surface area contributed by atoms with Crippen LogP contribution in [0.4, 0.5) is 5.69 Å². The van der Waals surface area contributed by atoms with Crippen LogP contribution in [0.2, 0.25) is 0 Å². The Hall–Kier alpha value is -5.55. The number of allylic oxidation sites excluding steroid dienone is 2. The van der Waals surface area contributed by atoms with E-state index in [0.29, 0.717) is 0 Å². The van der Waals surface area contributed by atoms with Gasteiger partial charge < -0.3 is 4.74 Å². The summed E-state index contributed by atoms with van der Waals surface area (Å²) >= 11 is 0. The molecule has 0 saturated heterocycles. The summed E-state index contributed by atoms with van der Waals surface area (Å²) in [5.74, 6) is -0.188. The number of non-ortho nitro benzene ring substituents is 1. The molecule has 0 atom stereocenters. The average Bonchev–Trinajstić information content (AvgIpc) is 3.02. The largest absolute Gasteiger partial charge is 0.426 e. The van der Waals surface area contributed by atoms with Gasteiger partial charge in [-0.3, -0.25) is 14.9 Å². The molecule has 0 aliphatic heterocycles. The van der Waals surface area contributed by atoms with E-state index in [9.17, 15) is 14.9 Å². The zero-order chi connectivity index (χ0) is 28.4. The Morgan fingerprint density at radius 2 is 1.10 bits per heavy atom. The van der Waals surface area contributed by atoms with Gasteiger partial charge in [0.2, 0.25) is 0 Å². The van der Waals surface area contributed by atoms with Gasteiger partial charge in [-0.2, -0.15) is 0 Å². The number of hydrogen-bond donors (Lipinski definition) is 0. The van der Waals surface area contributed by atoms with Crippen molar-refractivity contribution in [2.75, 3.05) is 0 Å². The molecular formula is C36H27NO4. The van der Waals surface area contributed by atoms with Crippen LogP contribution in [0, 0.1) is 10.1 Å². The molecule has 0 saturated carbocycles. The van der Waals surface area contributed by atoms with E-state index in [1.165, 1.54) is 24.3 Å². The summed E-state index contributed by atoms with van der Waals surface area (Å²) < 4.78 is 5.30. The minimum Gasteiger partial charge on any atom is -0.426 e. The zero-order valence-electron chi connectivity index (χ0n) is 22.2. The molecule has 0 aromatic heterocycles. The highest BCUT2D eigenvalue weighted by molar-refractivity contribution is 5.83. The van der Waals surface area contributed by atoms with E-state index in [4.69, 9.17) is 4.74 Å². The van der Waals surface area contributed by atoms with Crippen LogP contribution in [0.5, 0.6) is 5.75 Å². The van der Waals surface area contributed by atoms with Gasteiger partial charge in [-0.25, -0.2) is 0 Å². The van der Waals surface area contributed by atoms with Gasteiger partial charge in [-0.15, -0.1) is 0 Å². The van der Waals surface area contributed by atoms with Crippen LogP contribution in [0.3, 0.4) is 0 Å². The van der Waals surface area contributed by atoms with Gasteiger partial charge in [0.1, 0.15) is 5.75 Å². The first-order valence-corrected chi connectivity index (χ1v) is 13.2. The van der Waals surface area contributed by atoms with Crippen LogP contribution < -0.4 is 4.74 Å². The van der Waals surface area contributed by atoms with Crippen molar-refractivity contribution in [2.24, 2.45) is 0 Å². The lowest BCUT2D eigenvalue weighted by atomic mass is 9.93. The first-order chi connectivity index (χ1) is 20.1. The summed E-state index contributed by atoms with van der Waals surface area (Å²) in [5, 5.41) is 10.8. The van der Waals surface area contributed by atoms with Crippen LogP contribution in [-0.2, 0) is 4.79 Å². The second-order valence-electron chi connectivity index (χ2n) is 9.32. The van der Waals surface area contributed by atoms with Gasteiger partial charge in [0, 0.05) is 12.1 Å². The highest BCUT2D eigenvalue weighted by Crippen LogP contribution is 2.29. The Bertz CT molecular complexity index is 1590. The number of ether oxygens (including phenoxy) is 1. The van der Waals surface area contributed by atoms with Gasteiger partial charge >= 0.3 is 5.97 Å². The molecule has 5 aromatic rings. The van der Waals surface area contributed by atoms with Gasteiger partial charge in [0.25, 0.3) is 5.69 Å². The summed E-state index contributed by atoms with van der Waals surface area (Å²) in [6, 6.07) is 42.8. The van der Waals surface area contributed by atoms with Gasteiger partial charge in [0.05, 0.1) is 11.3 Å². The van der Waals surface area contributed by atoms with Crippen molar-refractivity contribution in [3.8, 4) is 28.0 Å². The number of rotatable bonds is 9. The Kier molecular flexibility index (Phi) is 8.57. The fourth-order valence-electron chi connectivity index (χ4n) is 4.44. The number of nitro benzene ring substituents is 1. The van der Waals surface area contributed by atoms with E-state index in [-0.39, 0.29) is 17.9 Å². The quantitative estimate of drug-likeness (QED) is 0.0619. The first-order valence-electron chi connectivity index (χ1n) is 13.2. The number of carbonyl (C=O) groups is 1. The molecule has 0 N–H and O–H groups in total. The van der Waals surface area contributed by atoms with Crippen molar-refractivity contribution in [3.63, 3.8) is 0 Å². The monoisotopic (exact) mass is 537 g/mol. The third-order valence-electron chi connectivity index (χ3n) is 6.57. The van der Waals surface area contributed by atoms with Crippen LogP contribution in [0.25, 0.3) is 27.8 Å². The second-order valence-corrected chi connectivity index (χ2v) is 9.32. The topological polar surface area (TPSA) is 69.4 Å². The summed E-state index contributed by atoms with van der Waals surface area (Å²) in [6.07, 6.45) is 5.64. The predicted molar refractivity (Wildman–Crippen MR) is 163 cm³/mol. The van der Waals surface area contributed by atoms with Gasteiger partial charge in [-0.1, -0.05) is 127 Å². The third kappa shape index (κ3) is 7.11. The summed E-state index contributed by atoms with van der Waals surface area (Å²) in [6.45, 7) is 0.